The molecule has 1 atom stereocenters. The van der Waals surface area contributed by atoms with Crippen molar-refractivity contribution in [3.8, 4) is 0 Å². The summed E-state index contributed by atoms with van der Waals surface area (Å²) in [5.74, 6) is -4.12. The lowest BCUT2D eigenvalue weighted by atomic mass is 9.79. The number of halogens is 4. The molecule has 2 amide bonds. The Morgan fingerprint density at radius 1 is 1.27 bits per heavy atom. The molecular formula is C19H22Cl2F2N4O2S. The third kappa shape index (κ3) is 5.12. The predicted molar refractivity (Wildman–Crippen MR) is 113 cm³/mol. The molecule has 0 spiro atoms. The summed E-state index contributed by atoms with van der Waals surface area (Å²) < 4.78 is 28.1. The highest BCUT2D eigenvalue weighted by Gasteiger charge is 2.45. The van der Waals surface area contributed by atoms with Crippen molar-refractivity contribution in [3.05, 3.63) is 37.8 Å². The number of hydrogen-bond acceptors (Lipinski definition) is 4. The molecule has 0 bridgehead atoms. The van der Waals surface area contributed by atoms with E-state index >= 15 is 0 Å². The number of carbonyl (C=O) groups excluding carboxylic acids is 2. The van der Waals surface area contributed by atoms with Gasteiger partial charge in [0, 0.05) is 24.3 Å². The Labute approximate surface area is 186 Å². The summed E-state index contributed by atoms with van der Waals surface area (Å²) in [4.78, 5) is 26.1. The van der Waals surface area contributed by atoms with E-state index in [1.54, 1.807) is 26.0 Å². The third-order valence-electron chi connectivity index (χ3n) is 5.42. The van der Waals surface area contributed by atoms with E-state index in [0.29, 0.717) is 10.0 Å². The predicted octanol–water partition coefficient (Wildman–Crippen LogP) is 4.68. The maximum absolute atomic E-state index is 13.8. The number of H-pyrrole nitrogens is 1. The number of nitrogens with zero attached hydrogens (tertiary/aromatic N) is 1. The fourth-order valence-electron chi connectivity index (χ4n) is 3.40. The van der Waals surface area contributed by atoms with Gasteiger partial charge in [0.05, 0.1) is 26.5 Å². The van der Waals surface area contributed by atoms with E-state index in [2.05, 4.69) is 20.8 Å². The Balaban J connectivity index is 1.73. The number of alkyl halides is 2. The van der Waals surface area contributed by atoms with E-state index in [1.807, 2.05) is 0 Å². The number of aromatic amines is 1. The van der Waals surface area contributed by atoms with Crippen molar-refractivity contribution in [1.82, 2.24) is 20.8 Å². The van der Waals surface area contributed by atoms with Gasteiger partial charge in [0.1, 0.15) is 0 Å². The molecule has 0 aromatic carbocycles. The highest BCUT2D eigenvalue weighted by molar-refractivity contribution is 7.16. The molecule has 164 valence electrons. The zero-order valence-corrected chi connectivity index (χ0v) is 18.8. The van der Waals surface area contributed by atoms with Gasteiger partial charge in [0.15, 0.2) is 5.69 Å². The lowest BCUT2D eigenvalue weighted by Crippen LogP contribution is -2.59. The molecule has 2 aromatic heterocycles. The highest BCUT2D eigenvalue weighted by atomic mass is 35.5. The number of amides is 2. The summed E-state index contributed by atoms with van der Waals surface area (Å²) in [5.41, 5.74) is -0.411. The summed E-state index contributed by atoms with van der Waals surface area (Å²) in [7, 11) is 0. The Morgan fingerprint density at radius 2 is 1.93 bits per heavy atom. The van der Waals surface area contributed by atoms with Crippen molar-refractivity contribution >= 4 is 46.4 Å². The van der Waals surface area contributed by atoms with Crippen molar-refractivity contribution in [1.29, 1.82) is 0 Å². The average Bonchev–Trinajstić information content (AvgIpc) is 3.27. The molecule has 0 radical (unpaired) electrons. The van der Waals surface area contributed by atoms with Gasteiger partial charge in [-0.15, -0.1) is 11.3 Å². The zero-order valence-electron chi connectivity index (χ0n) is 16.5. The van der Waals surface area contributed by atoms with E-state index in [9.17, 15) is 18.4 Å². The van der Waals surface area contributed by atoms with Gasteiger partial charge < -0.3 is 10.6 Å². The molecule has 1 fully saturated rings. The van der Waals surface area contributed by atoms with Gasteiger partial charge in [-0.25, -0.2) is 8.78 Å². The molecule has 1 unspecified atom stereocenters. The molecule has 6 nitrogen and oxygen atoms in total. The van der Waals surface area contributed by atoms with Crippen molar-refractivity contribution < 1.29 is 18.4 Å². The molecule has 1 saturated carbocycles. The molecule has 30 heavy (non-hydrogen) atoms. The van der Waals surface area contributed by atoms with Crippen molar-refractivity contribution in [3.63, 3.8) is 0 Å². The zero-order chi connectivity index (χ0) is 22.1. The topological polar surface area (TPSA) is 86.9 Å². The fraction of sp³-hybridized carbons (Fsp3) is 0.526. The van der Waals surface area contributed by atoms with Crippen LogP contribution in [0.2, 0.25) is 9.36 Å². The second kappa shape index (κ2) is 8.80. The second-order valence-electron chi connectivity index (χ2n) is 7.68. The summed E-state index contributed by atoms with van der Waals surface area (Å²) in [6.07, 6.45) is -0.663. The first-order valence-electron chi connectivity index (χ1n) is 9.46. The first-order valence-corrected chi connectivity index (χ1v) is 11.0. The summed E-state index contributed by atoms with van der Waals surface area (Å²) in [6, 6.07) is 3.47. The van der Waals surface area contributed by atoms with Crippen molar-refractivity contribution in [2.24, 2.45) is 0 Å². The Hall–Kier alpha value is -1.71. The standard InChI is InChI=1S/C19H22Cl2F2N4O2S/c1-10(12-3-4-13(20)30-12)16(28)25-18(5-7-19(22,23)8-6-18)9-24-17(29)15-14(21)11(2)26-27-15/h3-4,10H,5-9H2,1-2H3,(H,24,29)(H,25,28)(H,26,27). The smallest absolute Gasteiger partial charge is 0.273 e. The van der Waals surface area contributed by atoms with Gasteiger partial charge in [0.25, 0.3) is 5.91 Å². The maximum atomic E-state index is 13.8. The van der Waals surface area contributed by atoms with Crippen LogP contribution >= 0.6 is 34.5 Å². The molecule has 2 aromatic rings. The number of aryl methyl sites for hydroxylation is 1. The molecule has 11 heteroatoms. The van der Waals surface area contributed by atoms with E-state index in [0.717, 1.165) is 4.88 Å². The van der Waals surface area contributed by atoms with Crippen LogP contribution in [0.5, 0.6) is 0 Å². The Morgan fingerprint density at radius 3 is 2.47 bits per heavy atom. The fourth-order valence-corrected chi connectivity index (χ4v) is 4.68. The number of carbonyl (C=O) groups is 2. The quantitative estimate of drug-likeness (QED) is 0.562. The van der Waals surface area contributed by atoms with Gasteiger partial charge in [-0.3, -0.25) is 14.7 Å². The van der Waals surface area contributed by atoms with Gasteiger partial charge >= 0.3 is 0 Å². The number of nitrogens with one attached hydrogen (secondary N) is 3. The first kappa shape index (κ1) is 23.0. The van der Waals surface area contributed by atoms with Crippen molar-refractivity contribution in [2.45, 2.75) is 56.9 Å². The van der Waals surface area contributed by atoms with E-state index in [-0.39, 0.29) is 48.9 Å². The molecule has 3 rings (SSSR count). The Kier molecular flexibility index (Phi) is 6.74. The van der Waals surface area contributed by atoms with E-state index in [1.165, 1.54) is 11.3 Å². The van der Waals surface area contributed by atoms with Crippen LogP contribution in [0.1, 0.15) is 59.6 Å². The van der Waals surface area contributed by atoms with Crippen LogP contribution in [0.3, 0.4) is 0 Å². The number of thiophene rings is 1. The van der Waals surface area contributed by atoms with Crippen LogP contribution in [0, 0.1) is 6.92 Å². The van der Waals surface area contributed by atoms with Crippen LogP contribution in [-0.2, 0) is 4.79 Å². The molecular weight excluding hydrogens is 457 g/mol. The van der Waals surface area contributed by atoms with Gasteiger partial charge in [-0.1, -0.05) is 23.2 Å². The van der Waals surface area contributed by atoms with Crippen LogP contribution < -0.4 is 10.6 Å². The monoisotopic (exact) mass is 478 g/mol. The summed E-state index contributed by atoms with van der Waals surface area (Å²) in [5, 5.41) is 12.3. The second-order valence-corrected chi connectivity index (χ2v) is 9.81. The minimum Gasteiger partial charge on any atom is -0.348 e. The molecule has 1 aliphatic rings. The first-order chi connectivity index (χ1) is 14.0. The Bertz CT molecular complexity index is 937. The normalized spacial score (nSPS) is 18.6. The minimum absolute atomic E-state index is 0.00614. The SMILES string of the molecule is Cc1[nH]nc(C(=O)NCC2(NC(=O)C(C)c3ccc(Cl)s3)CCC(F)(F)CC2)c1Cl. The number of hydrogen-bond donors (Lipinski definition) is 3. The lowest BCUT2D eigenvalue weighted by Gasteiger charge is -2.41. The van der Waals surface area contributed by atoms with Crippen LogP contribution in [0.4, 0.5) is 8.78 Å². The van der Waals surface area contributed by atoms with Crippen LogP contribution in [-0.4, -0.2) is 40.0 Å². The molecule has 2 heterocycles. The number of aromatic nitrogens is 2. The summed E-state index contributed by atoms with van der Waals surface area (Å²) in [6.45, 7) is 3.40. The van der Waals surface area contributed by atoms with Gasteiger partial charge in [-0.05, 0) is 38.8 Å². The molecule has 0 saturated heterocycles. The minimum atomic E-state index is -2.78. The molecule has 1 aliphatic carbocycles. The largest absolute Gasteiger partial charge is 0.348 e. The van der Waals surface area contributed by atoms with E-state index < -0.39 is 23.3 Å². The molecule has 3 N–H and O–H groups in total. The third-order valence-corrected chi connectivity index (χ3v) is 7.29. The highest BCUT2D eigenvalue weighted by Crippen LogP contribution is 2.39. The molecule has 0 aliphatic heterocycles. The van der Waals surface area contributed by atoms with Gasteiger partial charge in [-0.2, -0.15) is 5.10 Å². The van der Waals surface area contributed by atoms with E-state index in [4.69, 9.17) is 23.2 Å². The summed E-state index contributed by atoms with van der Waals surface area (Å²) >= 11 is 13.3. The van der Waals surface area contributed by atoms with Crippen molar-refractivity contribution in [2.75, 3.05) is 6.54 Å². The lowest BCUT2D eigenvalue weighted by molar-refractivity contribution is -0.126. The van der Waals surface area contributed by atoms with Gasteiger partial charge in [0.2, 0.25) is 11.8 Å². The number of rotatable bonds is 6. The van der Waals surface area contributed by atoms with Crippen LogP contribution in [0.25, 0.3) is 0 Å². The van der Waals surface area contributed by atoms with Crippen LogP contribution in [0.15, 0.2) is 12.1 Å². The maximum Gasteiger partial charge on any atom is 0.273 e. The average molecular weight is 479 g/mol.